The summed E-state index contributed by atoms with van der Waals surface area (Å²) in [5.74, 6) is 0.907. The first-order chi connectivity index (χ1) is 9.28. The molecular formula is C14H17N3O2. The molecule has 3 rings (SSSR count). The van der Waals surface area contributed by atoms with Gasteiger partial charge in [-0.1, -0.05) is 30.3 Å². The molecule has 0 atom stereocenters. The first-order valence-corrected chi connectivity index (χ1v) is 6.56. The van der Waals surface area contributed by atoms with E-state index in [1.807, 2.05) is 30.3 Å². The topological polar surface area (TPSA) is 62.7 Å². The number of hydrogen-bond donors (Lipinski definition) is 2. The molecule has 1 saturated carbocycles. The molecule has 2 N–H and O–H groups in total. The zero-order valence-corrected chi connectivity index (χ0v) is 10.7. The van der Waals surface area contributed by atoms with E-state index < -0.39 is 0 Å². The number of aliphatic imine (C=N–C) groups is 1. The van der Waals surface area contributed by atoms with E-state index in [9.17, 15) is 4.79 Å². The van der Waals surface area contributed by atoms with Crippen molar-refractivity contribution in [2.75, 3.05) is 13.1 Å². The average Bonchev–Trinajstić information content (AvgIpc) is 3.01. The summed E-state index contributed by atoms with van der Waals surface area (Å²) < 4.78 is 5.23. The third-order valence-corrected chi connectivity index (χ3v) is 3.43. The Kier molecular flexibility index (Phi) is 3.11. The van der Waals surface area contributed by atoms with Gasteiger partial charge in [-0.05, 0) is 18.4 Å². The van der Waals surface area contributed by atoms with Gasteiger partial charge in [-0.15, -0.1) is 0 Å². The number of carbonyl (C=O) groups is 1. The molecule has 1 heterocycles. The number of ether oxygens (including phenoxy) is 1. The van der Waals surface area contributed by atoms with Gasteiger partial charge in [0.05, 0.1) is 6.54 Å². The maximum absolute atomic E-state index is 11.8. The van der Waals surface area contributed by atoms with Gasteiger partial charge in [0.25, 0.3) is 0 Å². The quantitative estimate of drug-likeness (QED) is 0.860. The molecule has 19 heavy (non-hydrogen) atoms. The summed E-state index contributed by atoms with van der Waals surface area (Å²) in [4.78, 5) is 16.2. The lowest BCUT2D eigenvalue weighted by molar-refractivity contribution is 0.137. The van der Waals surface area contributed by atoms with Crippen molar-refractivity contribution in [2.24, 2.45) is 4.99 Å². The molecular weight excluding hydrogens is 242 g/mol. The van der Waals surface area contributed by atoms with Crippen LogP contribution in [0.3, 0.4) is 0 Å². The number of amidine groups is 1. The lowest BCUT2D eigenvalue weighted by Gasteiger charge is -2.17. The summed E-state index contributed by atoms with van der Waals surface area (Å²) in [6, 6.07) is 9.66. The molecule has 0 bridgehead atoms. The summed E-state index contributed by atoms with van der Waals surface area (Å²) in [7, 11) is 0. The Morgan fingerprint density at radius 3 is 2.79 bits per heavy atom. The lowest BCUT2D eigenvalue weighted by Crippen LogP contribution is -2.47. The number of benzene rings is 1. The van der Waals surface area contributed by atoms with Crippen LogP contribution in [-0.4, -0.2) is 30.6 Å². The second kappa shape index (κ2) is 4.91. The molecule has 1 aliphatic carbocycles. The molecule has 1 aromatic rings. The summed E-state index contributed by atoms with van der Waals surface area (Å²) >= 11 is 0. The van der Waals surface area contributed by atoms with Crippen molar-refractivity contribution < 1.29 is 9.53 Å². The van der Waals surface area contributed by atoms with Crippen molar-refractivity contribution in [3.05, 3.63) is 35.9 Å². The first kappa shape index (κ1) is 12.0. The highest BCUT2D eigenvalue weighted by atomic mass is 16.5. The molecule has 1 fully saturated rings. The van der Waals surface area contributed by atoms with Crippen LogP contribution in [0.1, 0.15) is 18.4 Å². The maximum atomic E-state index is 11.8. The van der Waals surface area contributed by atoms with Gasteiger partial charge in [-0.2, -0.15) is 0 Å². The van der Waals surface area contributed by atoms with Crippen molar-refractivity contribution in [2.45, 2.75) is 25.0 Å². The Morgan fingerprint density at radius 1 is 1.37 bits per heavy atom. The van der Waals surface area contributed by atoms with Crippen molar-refractivity contribution >= 4 is 11.9 Å². The van der Waals surface area contributed by atoms with Gasteiger partial charge < -0.3 is 15.4 Å². The largest absolute Gasteiger partial charge is 0.445 e. The Bertz CT molecular complexity index is 495. The Hall–Kier alpha value is -2.04. The minimum absolute atomic E-state index is 0.287. The molecule has 0 radical (unpaired) electrons. The number of amides is 1. The number of carbonyl (C=O) groups excluding carboxylic acids is 1. The average molecular weight is 259 g/mol. The van der Waals surface area contributed by atoms with Crippen molar-refractivity contribution in [1.29, 1.82) is 0 Å². The SMILES string of the molecule is O=C(NC1(C2=NCCN2)CC1)OCc1ccccc1. The van der Waals surface area contributed by atoms with Gasteiger partial charge in [0, 0.05) is 6.54 Å². The minimum atomic E-state index is -0.377. The number of hydrogen-bond acceptors (Lipinski definition) is 4. The predicted octanol–water partition coefficient (Wildman–Crippen LogP) is 1.45. The van der Waals surface area contributed by atoms with Crippen LogP contribution in [0, 0.1) is 0 Å². The van der Waals surface area contributed by atoms with Gasteiger partial charge in [0.2, 0.25) is 0 Å². The van der Waals surface area contributed by atoms with Gasteiger partial charge in [0.15, 0.2) is 0 Å². The van der Waals surface area contributed by atoms with E-state index in [0.717, 1.165) is 37.3 Å². The molecule has 5 heteroatoms. The van der Waals surface area contributed by atoms with E-state index in [1.54, 1.807) is 0 Å². The predicted molar refractivity (Wildman–Crippen MR) is 72.0 cm³/mol. The molecule has 0 unspecified atom stereocenters. The van der Waals surface area contributed by atoms with Crippen LogP contribution in [-0.2, 0) is 11.3 Å². The summed E-state index contributed by atoms with van der Waals surface area (Å²) in [5.41, 5.74) is 0.698. The molecule has 1 amide bonds. The molecule has 0 saturated heterocycles. The van der Waals surface area contributed by atoms with E-state index in [2.05, 4.69) is 15.6 Å². The fourth-order valence-corrected chi connectivity index (χ4v) is 2.22. The fourth-order valence-electron chi connectivity index (χ4n) is 2.22. The highest BCUT2D eigenvalue weighted by Gasteiger charge is 2.50. The smallest absolute Gasteiger partial charge is 0.408 e. The molecule has 1 aliphatic heterocycles. The zero-order chi connectivity index (χ0) is 13.1. The molecule has 5 nitrogen and oxygen atoms in total. The molecule has 0 aromatic heterocycles. The summed E-state index contributed by atoms with van der Waals surface area (Å²) in [6.07, 6.45) is 1.48. The number of nitrogens with zero attached hydrogens (tertiary/aromatic N) is 1. The van der Waals surface area contributed by atoms with Gasteiger partial charge >= 0.3 is 6.09 Å². The summed E-state index contributed by atoms with van der Waals surface area (Å²) in [6.45, 7) is 1.94. The monoisotopic (exact) mass is 259 g/mol. The van der Waals surface area contributed by atoms with E-state index in [1.165, 1.54) is 0 Å². The van der Waals surface area contributed by atoms with E-state index in [0.29, 0.717) is 6.61 Å². The van der Waals surface area contributed by atoms with Crippen LogP contribution in [0.4, 0.5) is 4.79 Å². The van der Waals surface area contributed by atoms with Crippen molar-refractivity contribution in [3.63, 3.8) is 0 Å². The standard InChI is InChI=1S/C14H17N3O2/c18-13(19-10-11-4-2-1-3-5-11)17-14(6-7-14)12-15-8-9-16-12/h1-5H,6-10H2,(H,15,16)(H,17,18). The van der Waals surface area contributed by atoms with E-state index in [4.69, 9.17) is 4.74 Å². The van der Waals surface area contributed by atoms with Crippen molar-refractivity contribution in [3.8, 4) is 0 Å². The first-order valence-electron chi connectivity index (χ1n) is 6.56. The third kappa shape index (κ3) is 2.70. The highest BCUT2D eigenvalue weighted by molar-refractivity contribution is 5.97. The Balaban J connectivity index is 1.52. The van der Waals surface area contributed by atoms with Crippen LogP contribution in [0.15, 0.2) is 35.3 Å². The normalized spacial score (nSPS) is 19.3. The van der Waals surface area contributed by atoms with E-state index in [-0.39, 0.29) is 11.6 Å². The Morgan fingerprint density at radius 2 is 2.16 bits per heavy atom. The molecule has 0 spiro atoms. The zero-order valence-electron chi connectivity index (χ0n) is 10.7. The lowest BCUT2D eigenvalue weighted by atomic mass is 10.2. The molecule has 2 aliphatic rings. The third-order valence-electron chi connectivity index (χ3n) is 3.43. The fraction of sp³-hybridized carbons (Fsp3) is 0.429. The van der Waals surface area contributed by atoms with Crippen molar-refractivity contribution in [1.82, 2.24) is 10.6 Å². The Labute approximate surface area is 112 Å². The van der Waals surface area contributed by atoms with Crippen LogP contribution in [0.25, 0.3) is 0 Å². The van der Waals surface area contributed by atoms with Gasteiger partial charge in [-0.3, -0.25) is 4.99 Å². The second-order valence-corrected chi connectivity index (χ2v) is 4.93. The van der Waals surface area contributed by atoms with Crippen LogP contribution in [0.2, 0.25) is 0 Å². The highest BCUT2D eigenvalue weighted by Crippen LogP contribution is 2.37. The number of alkyl carbamates (subject to hydrolysis) is 1. The molecule has 100 valence electrons. The van der Waals surface area contributed by atoms with E-state index >= 15 is 0 Å². The van der Waals surface area contributed by atoms with Crippen LogP contribution >= 0.6 is 0 Å². The maximum Gasteiger partial charge on any atom is 0.408 e. The second-order valence-electron chi connectivity index (χ2n) is 4.93. The number of rotatable bonds is 4. The summed E-state index contributed by atoms with van der Waals surface area (Å²) in [5, 5.41) is 6.14. The van der Waals surface area contributed by atoms with Crippen LogP contribution in [0.5, 0.6) is 0 Å². The minimum Gasteiger partial charge on any atom is -0.445 e. The molecule has 1 aromatic carbocycles. The van der Waals surface area contributed by atoms with Crippen LogP contribution < -0.4 is 10.6 Å². The van der Waals surface area contributed by atoms with Gasteiger partial charge in [0.1, 0.15) is 18.0 Å². The van der Waals surface area contributed by atoms with Gasteiger partial charge in [-0.25, -0.2) is 4.79 Å². The number of nitrogens with one attached hydrogen (secondary N) is 2.